The second-order valence-corrected chi connectivity index (χ2v) is 7.89. The molecule has 2 aromatic carbocycles. The number of hydrogen-bond donors (Lipinski definition) is 2. The van der Waals surface area contributed by atoms with E-state index in [0.717, 1.165) is 25.8 Å². The van der Waals surface area contributed by atoms with Crippen LogP contribution in [0.1, 0.15) is 34.6 Å². The van der Waals surface area contributed by atoms with Crippen molar-refractivity contribution in [3.8, 4) is 5.75 Å². The number of nitrogens with zero attached hydrogens (tertiary/aromatic N) is 1. The van der Waals surface area contributed by atoms with E-state index >= 15 is 0 Å². The first-order valence-electron chi connectivity index (χ1n) is 8.50. The highest BCUT2D eigenvalue weighted by Gasteiger charge is 2.37. The Labute approximate surface area is 168 Å². The Morgan fingerprint density at radius 1 is 1.20 bits per heavy atom. The predicted octanol–water partition coefficient (Wildman–Crippen LogP) is 5.29. The van der Waals surface area contributed by atoms with Gasteiger partial charge in [-0.05, 0) is 73.0 Å². The van der Waals surface area contributed by atoms with Gasteiger partial charge in [0.25, 0.3) is 0 Å². The lowest BCUT2D eigenvalue weighted by Gasteiger charge is -2.38. The lowest BCUT2D eigenvalue weighted by atomic mass is 9.74. The molecule has 2 unspecified atom stereocenters. The van der Waals surface area contributed by atoms with Crippen LogP contribution in [-0.2, 0) is 12.8 Å². The van der Waals surface area contributed by atoms with Gasteiger partial charge in [0.1, 0.15) is 5.75 Å². The van der Waals surface area contributed by atoms with E-state index in [0.29, 0.717) is 17.0 Å². The van der Waals surface area contributed by atoms with E-state index in [1.54, 1.807) is 6.26 Å². The summed E-state index contributed by atoms with van der Waals surface area (Å²) in [5.74, 6) is 0.484. The molecule has 2 aliphatic rings. The van der Waals surface area contributed by atoms with Gasteiger partial charge in [0.05, 0.1) is 5.02 Å². The number of benzene rings is 2. The van der Waals surface area contributed by atoms with Crippen LogP contribution in [0.4, 0.5) is 0 Å². The highest BCUT2D eigenvalue weighted by molar-refractivity contribution is 9.10. The number of rotatable bonds is 0. The van der Waals surface area contributed by atoms with Crippen LogP contribution in [0.15, 0.2) is 34.8 Å². The lowest BCUT2D eigenvalue weighted by molar-refractivity contribution is 0.214. The molecule has 134 valence electrons. The van der Waals surface area contributed by atoms with Crippen molar-refractivity contribution in [3.63, 3.8) is 0 Å². The van der Waals surface area contributed by atoms with E-state index in [1.807, 2.05) is 12.1 Å². The van der Waals surface area contributed by atoms with Crippen LogP contribution in [0.25, 0.3) is 0 Å². The summed E-state index contributed by atoms with van der Waals surface area (Å²) < 4.78 is 1.19. The fourth-order valence-corrected chi connectivity index (χ4v) is 5.00. The van der Waals surface area contributed by atoms with E-state index < -0.39 is 0 Å². The molecule has 5 heteroatoms. The van der Waals surface area contributed by atoms with Crippen LogP contribution in [0.5, 0.6) is 5.75 Å². The van der Waals surface area contributed by atoms with Gasteiger partial charge < -0.3 is 10.0 Å². The number of phenols is 1. The molecular weight excluding hydrogens is 418 g/mol. The quantitative estimate of drug-likeness (QED) is 0.544. The summed E-state index contributed by atoms with van der Waals surface area (Å²) in [4.78, 5) is 2.47. The Morgan fingerprint density at radius 2 is 1.96 bits per heavy atom. The van der Waals surface area contributed by atoms with E-state index in [9.17, 15) is 5.11 Å². The maximum Gasteiger partial charge on any atom is 0.134 e. The number of likely N-dealkylation sites (N-methyl/N-ethyl adjacent to an activating group) is 1. The normalized spacial score (nSPS) is 22.0. The molecule has 0 bridgehead atoms. The minimum absolute atomic E-state index is 0.191. The van der Waals surface area contributed by atoms with Crippen LogP contribution in [0.3, 0.4) is 0 Å². The number of hydrogen-bond acceptors (Lipinski definition) is 3. The molecule has 0 amide bonds. The predicted molar refractivity (Wildman–Crippen MR) is 112 cm³/mol. The molecule has 0 aromatic heterocycles. The van der Waals surface area contributed by atoms with Crippen molar-refractivity contribution in [1.29, 1.82) is 0 Å². The van der Waals surface area contributed by atoms with Gasteiger partial charge in [-0.1, -0.05) is 39.7 Å². The summed E-state index contributed by atoms with van der Waals surface area (Å²) in [6.07, 6.45) is 4.90. The van der Waals surface area contributed by atoms with Gasteiger partial charge >= 0.3 is 0 Å². The maximum atomic E-state index is 10.2. The van der Waals surface area contributed by atoms with Crippen LogP contribution in [0, 0.1) is 0 Å². The number of fused-ring (bicyclic) bond motifs is 5. The summed E-state index contributed by atoms with van der Waals surface area (Å²) in [5, 5.41) is 10.6. The Morgan fingerprint density at radius 3 is 2.72 bits per heavy atom. The van der Waals surface area contributed by atoms with Crippen molar-refractivity contribution in [2.24, 2.45) is 0 Å². The molecule has 0 saturated heterocycles. The number of halogens is 2. The Balaban J connectivity index is 0.000000880. The van der Waals surface area contributed by atoms with Crippen LogP contribution in [0.2, 0.25) is 5.02 Å². The number of aromatic hydroxyl groups is 1. The van der Waals surface area contributed by atoms with Gasteiger partial charge in [-0.3, -0.25) is 0 Å². The molecule has 2 aromatic rings. The summed E-state index contributed by atoms with van der Waals surface area (Å²) in [6, 6.07) is 10.8. The first-order chi connectivity index (χ1) is 12.1. The van der Waals surface area contributed by atoms with E-state index in [1.165, 1.54) is 26.7 Å². The third-order valence-corrected chi connectivity index (χ3v) is 6.45. The molecule has 1 heterocycles. The fourth-order valence-electron chi connectivity index (χ4n) is 4.23. The van der Waals surface area contributed by atoms with Crippen LogP contribution >= 0.6 is 40.2 Å². The van der Waals surface area contributed by atoms with Gasteiger partial charge in [0.15, 0.2) is 0 Å². The minimum Gasteiger partial charge on any atom is -0.506 e. The number of thiol groups is 1. The van der Waals surface area contributed by atoms with Crippen molar-refractivity contribution in [2.45, 2.75) is 31.2 Å². The molecule has 0 saturated carbocycles. The van der Waals surface area contributed by atoms with Gasteiger partial charge in [0, 0.05) is 23.0 Å². The molecule has 1 aliphatic heterocycles. The molecule has 2 atom stereocenters. The molecule has 25 heavy (non-hydrogen) atoms. The SMILES string of the molecule is CN1CCc2cc(Cl)c(O)cc2C2c3cccc(Br)c3CCC21.CS. The topological polar surface area (TPSA) is 23.5 Å². The molecule has 4 rings (SSSR count). The van der Waals surface area contributed by atoms with Crippen molar-refractivity contribution >= 4 is 40.2 Å². The van der Waals surface area contributed by atoms with Gasteiger partial charge in [-0.2, -0.15) is 12.6 Å². The largest absolute Gasteiger partial charge is 0.506 e. The molecule has 0 fully saturated rings. The summed E-state index contributed by atoms with van der Waals surface area (Å²) in [5.41, 5.74) is 5.29. The zero-order valence-corrected chi connectivity index (χ0v) is 17.7. The number of phenolic OH excluding ortho intramolecular Hbond substituents is 1. The first kappa shape index (κ1) is 19.1. The average Bonchev–Trinajstić information content (AvgIpc) is 2.75. The van der Waals surface area contributed by atoms with Gasteiger partial charge in [-0.15, -0.1) is 0 Å². The van der Waals surface area contributed by atoms with Crippen molar-refractivity contribution in [2.75, 3.05) is 19.8 Å². The molecular formula is C20H23BrClNOS. The zero-order valence-electron chi connectivity index (χ0n) is 14.5. The monoisotopic (exact) mass is 439 g/mol. The standard InChI is InChI=1S/C19H19BrClNO.CH4S/c1-22-8-7-11-9-16(21)18(23)10-14(11)19-13-3-2-4-15(20)12(13)5-6-17(19)22;1-2/h2-4,9-10,17,19,23H,5-8H2,1H3;2H,1H3. The minimum atomic E-state index is 0.191. The van der Waals surface area contributed by atoms with E-state index in [-0.39, 0.29) is 5.75 Å². The van der Waals surface area contributed by atoms with Crippen molar-refractivity contribution in [3.05, 3.63) is 62.1 Å². The molecule has 2 nitrogen and oxygen atoms in total. The summed E-state index contributed by atoms with van der Waals surface area (Å²) in [7, 11) is 2.22. The van der Waals surface area contributed by atoms with Crippen LogP contribution < -0.4 is 0 Å². The molecule has 0 radical (unpaired) electrons. The smallest absolute Gasteiger partial charge is 0.134 e. The fraction of sp³-hybridized carbons (Fsp3) is 0.400. The molecule has 1 N–H and O–H groups in total. The van der Waals surface area contributed by atoms with Crippen molar-refractivity contribution < 1.29 is 5.11 Å². The second-order valence-electron chi connectivity index (χ2n) is 6.62. The van der Waals surface area contributed by atoms with Gasteiger partial charge in [-0.25, -0.2) is 0 Å². The Kier molecular flexibility index (Phi) is 6.04. The second kappa shape index (κ2) is 7.91. The van der Waals surface area contributed by atoms with Crippen molar-refractivity contribution in [1.82, 2.24) is 4.90 Å². The Bertz CT molecular complexity index is 783. The lowest BCUT2D eigenvalue weighted by Crippen LogP contribution is -2.39. The van der Waals surface area contributed by atoms with Gasteiger partial charge in [0.2, 0.25) is 0 Å². The van der Waals surface area contributed by atoms with Crippen LogP contribution in [-0.4, -0.2) is 35.9 Å². The third-order valence-electron chi connectivity index (χ3n) is 5.41. The zero-order chi connectivity index (χ0) is 18.1. The van der Waals surface area contributed by atoms with E-state index in [2.05, 4.69) is 58.7 Å². The molecule has 0 spiro atoms. The third kappa shape index (κ3) is 3.46. The average molecular weight is 441 g/mol. The first-order valence-corrected chi connectivity index (χ1v) is 10.6. The Hall–Kier alpha value is -0.680. The maximum absolute atomic E-state index is 10.2. The highest BCUT2D eigenvalue weighted by atomic mass is 79.9. The highest BCUT2D eigenvalue weighted by Crippen LogP contribution is 2.45. The molecule has 1 aliphatic carbocycles. The summed E-state index contributed by atoms with van der Waals surface area (Å²) in [6.45, 7) is 1.03. The van der Waals surface area contributed by atoms with E-state index in [4.69, 9.17) is 11.6 Å². The summed E-state index contributed by atoms with van der Waals surface area (Å²) >= 11 is 13.4.